The molecule has 0 aliphatic carbocycles. The van der Waals surface area contributed by atoms with E-state index in [0.29, 0.717) is 37.9 Å². The number of epoxide rings is 2. The highest BCUT2D eigenvalue weighted by atomic mass is 32.2. The Bertz CT molecular complexity index is 790. The van der Waals surface area contributed by atoms with E-state index in [4.69, 9.17) is 18.9 Å². The van der Waals surface area contributed by atoms with E-state index in [1.54, 1.807) is 48.5 Å². The highest BCUT2D eigenvalue weighted by Gasteiger charge is 2.29. The van der Waals surface area contributed by atoms with E-state index >= 15 is 0 Å². The number of benzene rings is 2. The largest absolute Gasteiger partial charge is 0.489 e. The van der Waals surface area contributed by atoms with Gasteiger partial charge in [0.1, 0.15) is 46.7 Å². The molecule has 7 heteroatoms. The third-order valence-corrected chi connectivity index (χ3v) is 5.76. The van der Waals surface area contributed by atoms with Gasteiger partial charge >= 0.3 is 0 Å². The Morgan fingerprint density at radius 3 is 1.60 bits per heavy atom. The first kappa shape index (κ1) is 16.4. The molecular formula is C18H18O6S. The second-order valence-electron chi connectivity index (χ2n) is 5.93. The molecule has 2 aliphatic heterocycles. The number of para-hydroxylation sites is 2. The first-order valence-corrected chi connectivity index (χ1v) is 9.55. The predicted octanol–water partition coefficient (Wildman–Crippen LogP) is 2.07. The molecule has 2 aliphatic rings. The molecule has 0 N–H and O–H groups in total. The summed E-state index contributed by atoms with van der Waals surface area (Å²) >= 11 is 0. The standard InChI is InChI=1S/C18H18O6S/c19-25(20,17-7-3-1-5-15(17)23-11-13-9-21-13)18-8-4-2-6-16(18)24-12-14-10-22-14/h1-8,13-14H,9-12H2. The number of ether oxygens (including phenoxy) is 4. The summed E-state index contributed by atoms with van der Waals surface area (Å²) in [5.74, 6) is 0.636. The van der Waals surface area contributed by atoms with Crippen LogP contribution in [0.4, 0.5) is 0 Å². The van der Waals surface area contributed by atoms with Crippen molar-refractivity contribution in [2.24, 2.45) is 0 Å². The van der Waals surface area contributed by atoms with Crippen molar-refractivity contribution >= 4 is 9.84 Å². The molecule has 0 amide bonds. The zero-order chi connectivity index (χ0) is 17.3. The molecular weight excluding hydrogens is 344 g/mol. The third kappa shape index (κ3) is 3.78. The lowest BCUT2D eigenvalue weighted by molar-refractivity contribution is 0.256. The van der Waals surface area contributed by atoms with Crippen LogP contribution in [0.1, 0.15) is 0 Å². The highest BCUT2D eigenvalue weighted by molar-refractivity contribution is 7.91. The van der Waals surface area contributed by atoms with Gasteiger partial charge < -0.3 is 18.9 Å². The normalized spacial score (nSPS) is 21.6. The van der Waals surface area contributed by atoms with Gasteiger partial charge in [0, 0.05) is 0 Å². The molecule has 4 rings (SSSR count). The van der Waals surface area contributed by atoms with Crippen LogP contribution in [-0.4, -0.2) is 47.1 Å². The molecule has 132 valence electrons. The minimum absolute atomic E-state index is 0.0462. The third-order valence-electron chi connectivity index (χ3n) is 3.93. The molecule has 0 saturated carbocycles. The zero-order valence-electron chi connectivity index (χ0n) is 13.5. The Balaban J connectivity index is 1.64. The number of hydrogen-bond acceptors (Lipinski definition) is 6. The molecule has 6 nitrogen and oxygen atoms in total. The quantitative estimate of drug-likeness (QED) is 0.669. The number of sulfone groups is 1. The van der Waals surface area contributed by atoms with Crippen molar-refractivity contribution in [1.82, 2.24) is 0 Å². The van der Waals surface area contributed by atoms with Crippen LogP contribution < -0.4 is 9.47 Å². The topological polar surface area (TPSA) is 77.7 Å². The van der Waals surface area contributed by atoms with Crippen molar-refractivity contribution in [2.45, 2.75) is 22.0 Å². The van der Waals surface area contributed by atoms with E-state index in [2.05, 4.69) is 0 Å². The van der Waals surface area contributed by atoms with Crippen LogP contribution in [0.3, 0.4) is 0 Å². The lowest BCUT2D eigenvalue weighted by Crippen LogP contribution is -2.11. The average molecular weight is 362 g/mol. The molecule has 0 spiro atoms. The van der Waals surface area contributed by atoms with Crippen molar-refractivity contribution in [2.75, 3.05) is 26.4 Å². The van der Waals surface area contributed by atoms with Crippen LogP contribution in [-0.2, 0) is 19.3 Å². The van der Waals surface area contributed by atoms with Crippen molar-refractivity contribution < 1.29 is 27.4 Å². The van der Waals surface area contributed by atoms with Crippen molar-refractivity contribution in [1.29, 1.82) is 0 Å². The van der Waals surface area contributed by atoms with E-state index in [9.17, 15) is 8.42 Å². The lowest BCUT2D eigenvalue weighted by atomic mass is 10.3. The highest BCUT2D eigenvalue weighted by Crippen LogP contribution is 2.34. The van der Waals surface area contributed by atoms with E-state index in [1.165, 1.54) is 0 Å². The van der Waals surface area contributed by atoms with Gasteiger partial charge in [0.15, 0.2) is 0 Å². The number of hydrogen-bond donors (Lipinski definition) is 0. The Labute approximate surface area is 146 Å². The predicted molar refractivity (Wildman–Crippen MR) is 88.8 cm³/mol. The monoisotopic (exact) mass is 362 g/mol. The van der Waals surface area contributed by atoms with Crippen molar-refractivity contribution in [3.05, 3.63) is 48.5 Å². The molecule has 2 saturated heterocycles. The van der Waals surface area contributed by atoms with Gasteiger partial charge in [0.05, 0.1) is 13.2 Å². The molecule has 0 aromatic heterocycles. The summed E-state index contributed by atoms with van der Waals surface area (Å²) in [5, 5.41) is 0. The lowest BCUT2D eigenvalue weighted by Gasteiger charge is -2.14. The summed E-state index contributed by atoms with van der Waals surface area (Å²) in [6.45, 7) is 1.97. The fourth-order valence-electron chi connectivity index (χ4n) is 2.40. The smallest absolute Gasteiger partial charge is 0.213 e. The van der Waals surface area contributed by atoms with E-state index in [1.807, 2.05) is 0 Å². The summed E-state index contributed by atoms with van der Waals surface area (Å²) in [6.07, 6.45) is 0.0924. The molecule has 0 bridgehead atoms. The van der Waals surface area contributed by atoms with Crippen LogP contribution in [0.25, 0.3) is 0 Å². The van der Waals surface area contributed by atoms with E-state index in [0.717, 1.165) is 0 Å². The van der Waals surface area contributed by atoms with Gasteiger partial charge in [-0.1, -0.05) is 24.3 Å². The van der Waals surface area contributed by atoms with E-state index in [-0.39, 0.29) is 22.0 Å². The van der Waals surface area contributed by atoms with Crippen molar-refractivity contribution in [3.8, 4) is 11.5 Å². The van der Waals surface area contributed by atoms with Gasteiger partial charge in [-0.15, -0.1) is 0 Å². The molecule has 2 aromatic carbocycles. The second kappa shape index (κ2) is 6.67. The number of rotatable bonds is 8. The van der Waals surface area contributed by atoms with Crippen LogP contribution in [0.2, 0.25) is 0 Å². The van der Waals surface area contributed by atoms with Crippen LogP contribution in [0.5, 0.6) is 11.5 Å². The molecule has 2 atom stereocenters. The van der Waals surface area contributed by atoms with Gasteiger partial charge in [0.25, 0.3) is 0 Å². The summed E-state index contributed by atoms with van der Waals surface area (Å²) in [4.78, 5) is 0.240. The second-order valence-corrected chi connectivity index (χ2v) is 7.82. The Morgan fingerprint density at radius 2 is 1.20 bits per heavy atom. The van der Waals surface area contributed by atoms with E-state index < -0.39 is 9.84 Å². The molecule has 2 fully saturated rings. The summed E-state index contributed by atoms with van der Waals surface area (Å²) in [6, 6.07) is 13.2. The van der Waals surface area contributed by atoms with Gasteiger partial charge in [0.2, 0.25) is 9.84 Å². The Morgan fingerprint density at radius 1 is 0.800 bits per heavy atom. The first-order chi connectivity index (χ1) is 12.1. The Kier molecular flexibility index (Phi) is 4.37. The summed E-state index contributed by atoms with van der Waals surface area (Å²) < 4.78 is 47.9. The molecule has 2 heterocycles. The average Bonchev–Trinajstić information content (AvgIpc) is 3.53. The molecule has 2 unspecified atom stereocenters. The Hall–Kier alpha value is -2.09. The van der Waals surface area contributed by atoms with Gasteiger partial charge in [-0.3, -0.25) is 0 Å². The minimum atomic E-state index is -3.79. The maximum absolute atomic E-state index is 13.2. The molecule has 0 radical (unpaired) electrons. The first-order valence-electron chi connectivity index (χ1n) is 8.06. The SMILES string of the molecule is O=S(=O)(c1ccccc1OCC1CO1)c1ccccc1OCC1CO1. The maximum Gasteiger partial charge on any atom is 0.213 e. The fourth-order valence-corrected chi connectivity index (χ4v) is 3.93. The molecule has 25 heavy (non-hydrogen) atoms. The van der Waals surface area contributed by atoms with Crippen molar-refractivity contribution in [3.63, 3.8) is 0 Å². The zero-order valence-corrected chi connectivity index (χ0v) is 14.3. The van der Waals surface area contributed by atoms with Crippen LogP contribution in [0, 0.1) is 0 Å². The maximum atomic E-state index is 13.2. The van der Waals surface area contributed by atoms with Crippen LogP contribution in [0.15, 0.2) is 58.3 Å². The molecule has 2 aromatic rings. The summed E-state index contributed by atoms with van der Waals surface area (Å²) in [5.41, 5.74) is 0. The van der Waals surface area contributed by atoms with Gasteiger partial charge in [-0.2, -0.15) is 0 Å². The van der Waals surface area contributed by atoms with Gasteiger partial charge in [-0.05, 0) is 24.3 Å². The fraction of sp³-hybridized carbons (Fsp3) is 0.333. The van der Waals surface area contributed by atoms with Crippen LogP contribution >= 0.6 is 0 Å². The minimum Gasteiger partial charge on any atom is -0.489 e. The van der Waals surface area contributed by atoms with Gasteiger partial charge in [-0.25, -0.2) is 8.42 Å². The summed E-state index contributed by atoms with van der Waals surface area (Å²) in [7, 11) is -3.79.